The third kappa shape index (κ3) is 1.38. The monoisotopic (exact) mass is 213 g/mol. The predicted molar refractivity (Wildman–Crippen MR) is 60.7 cm³/mol. The Bertz CT molecular complexity index is 608. The number of aromatic nitrogens is 4. The van der Waals surface area contributed by atoms with Crippen molar-refractivity contribution in [3.8, 4) is 11.4 Å². The molecule has 3 N–H and O–H groups in total. The summed E-state index contributed by atoms with van der Waals surface area (Å²) in [5, 5.41) is 4.45. The third-order valence-corrected chi connectivity index (χ3v) is 2.45. The van der Waals surface area contributed by atoms with Gasteiger partial charge in [-0.2, -0.15) is 5.10 Å². The fourth-order valence-electron chi connectivity index (χ4n) is 1.66. The molecular formula is C11H11N5. The van der Waals surface area contributed by atoms with E-state index in [4.69, 9.17) is 5.73 Å². The maximum Gasteiger partial charge on any atom is 0.153 e. The second-order valence-electron chi connectivity index (χ2n) is 3.54. The average Bonchev–Trinajstić information content (AvgIpc) is 2.96. The Kier molecular flexibility index (Phi) is 1.97. The number of aromatic amines is 1. The first-order valence-electron chi connectivity index (χ1n) is 5.06. The highest BCUT2D eigenvalue weighted by Gasteiger charge is 2.04. The molecule has 0 atom stereocenters. The summed E-state index contributed by atoms with van der Waals surface area (Å²) >= 11 is 0. The average molecular weight is 213 g/mol. The van der Waals surface area contributed by atoms with Crippen LogP contribution in [0.25, 0.3) is 17.0 Å². The molecule has 0 aliphatic rings. The Morgan fingerprint density at radius 1 is 1.31 bits per heavy atom. The standard InChI is InChI=1S/C11H11N5/c12-6-8-7-16-11(14-8)4-3-10(15-16)9-2-1-5-13-9/h1-5,7,13H,6,12H2. The topological polar surface area (TPSA) is 72.0 Å². The first-order chi connectivity index (χ1) is 7.86. The van der Waals surface area contributed by atoms with Crippen LogP contribution in [-0.2, 0) is 6.54 Å². The number of hydrogen-bond acceptors (Lipinski definition) is 3. The van der Waals surface area contributed by atoms with Gasteiger partial charge in [-0.3, -0.25) is 0 Å². The molecule has 0 unspecified atom stereocenters. The normalized spacial score (nSPS) is 11.1. The van der Waals surface area contributed by atoms with Crippen LogP contribution in [0.1, 0.15) is 5.69 Å². The summed E-state index contributed by atoms with van der Waals surface area (Å²) in [5.41, 5.74) is 9.07. The van der Waals surface area contributed by atoms with Gasteiger partial charge in [0, 0.05) is 12.7 Å². The van der Waals surface area contributed by atoms with Crippen LogP contribution in [0.3, 0.4) is 0 Å². The Morgan fingerprint density at radius 3 is 3.00 bits per heavy atom. The van der Waals surface area contributed by atoms with E-state index in [9.17, 15) is 0 Å². The molecule has 3 aromatic rings. The van der Waals surface area contributed by atoms with E-state index in [1.807, 2.05) is 36.7 Å². The largest absolute Gasteiger partial charge is 0.360 e. The number of imidazole rings is 1. The van der Waals surface area contributed by atoms with Crippen molar-refractivity contribution in [2.24, 2.45) is 5.73 Å². The van der Waals surface area contributed by atoms with Crippen LogP contribution >= 0.6 is 0 Å². The minimum Gasteiger partial charge on any atom is -0.360 e. The van der Waals surface area contributed by atoms with Crippen molar-refractivity contribution in [1.82, 2.24) is 19.6 Å². The first kappa shape index (κ1) is 9.11. The fraction of sp³-hybridized carbons (Fsp3) is 0.0909. The molecule has 0 saturated heterocycles. The SMILES string of the molecule is NCc1cn2nc(-c3ccc[nH]3)ccc2n1. The number of hydrogen-bond donors (Lipinski definition) is 2. The number of nitrogens with one attached hydrogen (secondary N) is 1. The van der Waals surface area contributed by atoms with Crippen LogP contribution in [0.4, 0.5) is 0 Å². The Hall–Kier alpha value is -2.14. The molecule has 0 saturated carbocycles. The first-order valence-corrected chi connectivity index (χ1v) is 5.06. The summed E-state index contributed by atoms with van der Waals surface area (Å²) in [6, 6.07) is 7.80. The van der Waals surface area contributed by atoms with Crippen molar-refractivity contribution in [3.05, 3.63) is 42.4 Å². The van der Waals surface area contributed by atoms with Crippen molar-refractivity contribution in [1.29, 1.82) is 0 Å². The highest BCUT2D eigenvalue weighted by molar-refractivity contribution is 5.56. The van der Waals surface area contributed by atoms with E-state index in [-0.39, 0.29) is 0 Å². The summed E-state index contributed by atoms with van der Waals surface area (Å²) in [6.07, 6.45) is 3.72. The summed E-state index contributed by atoms with van der Waals surface area (Å²) in [7, 11) is 0. The van der Waals surface area contributed by atoms with Crippen LogP contribution in [-0.4, -0.2) is 19.6 Å². The van der Waals surface area contributed by atoms with Crippen LogP contribution in [0.2, 0.25) is 0 Å². The molecule has 5 nitrogen and oxygen atoms in total. The molecule has 5 heteroatoms. The lowest BCUT2D eigenvalue weighted by Gasteiger charge is -1.97. The van der Waals surface area contributed by atoms with Gasteiger partial charge in [-0.25, -0.2) is 9.50 Å². The van der Waals surface area contributed by atoms with Gasteiger partial charge in [-0.1, -0.05) is 0 Å². The van der Waals surface area contributed by atoms with Crippen molar-refractivity contribution in [2.75, 3.05) is 0 Å². The number of H-pyrrole nitrogens is 1. The van der Waals surface area contributed by atoms with Crippen molar-refractivity contribution < 1.29 is 0 Å². The minimum atomic E-state index is 0.432. The van der Waals surface area contributed by atoms with Gasteiger partial charge in [-0.05, 0) is 24.3 Å². The molecule has 0 aliphatic heterocycles. The zero-order valence-electron chi connectivity index (χ0n) is 8.59. The summed E-state index contributed by atoms with van der Waals surface area (Å²) in [5.74, 6) is 0. The Labute approximate surface area is 91.9 Å². The van der Waals surface area contributed by atoms with E-state index in [1.165, 1.54) is 0 Å². The second-order valence-corrected chi connectivity index (χ2v) is 3.54. The van der Waals surface area contributed by atoms with Gasteiger partial charge in [0.15, 0.2) is 5.65 Å². The molecule has 16 heavy (non-hydrogen) atoms. The molecule has 80 valence electrons. The second kappa shape index (κ2) is 3.46. The zero-order valence-corrected chi connectivity index (χ0v) is 8.59. The number of rotatable bonds is 2. The van der Waals surface area contributed by atoms with Gasteiger partial charge in [0.1, 0.15) is 5.69 Å². The van der Waals surface area contributed by atoms with Crippen LogP contribution in [0.5, 0.6) is 0 Å². The van der Waals surface area contributed by atoms with Crippen LogP contribution < -0.4 is 5.73 Å². The van der Waals surface area contributed by atoms with E-state index < -0.39 is 0 Å². The van der Waals surface area contributed by atoms with E-state index in [0.29, 0.717) is 6.54 Å². The van der Waals surface area contributed by atoms with Gasteiger partial charge in [-0.15, -0.1) is 0 Å². The highest BCUT2D eigenvalue weighted by atomic mass is 15.3. The molecule has 3 heterocycles. The van der Waals surface area contributed by atoms with E-state index in [2.05, 4.69) is 15.1 Å². The van der Waals surface area contributed by atoms with Crippen LogP contribution in [0.15, 0.2) is 36.7 Å². The van der Waals surface area contributed by atoms with Gasteiger partial charge in [0.25, 0.3) is 0 Å². The Balaban J connectivity index is 2.15. The summed E-state index contributed by atoms with van der Waals surface area (Å²) in [6.45, 7) is 0.432. The fourth-order valence-corrected chi connectivity index (χ4v) is 1.66. The number of nitrogens with zero attached hydrogens (tertiary/aromatic N) is 3. The van der Waals surface area contributed by atoms with Gasteiger partial charge in [0.2, 0.25) is 0 Å². The highest BCUT2D eigenvalue weighted by Crippen LogP contribution is 2.14. The quantitative estimate of drug-likeness (QED) is 0.671. The molecule has 3 aromatic heterocycles. The molecule has 0 fully saturated rings. The van der Waals surface area contributed by atoms with Gasteiger partial charge >= 0.3 is 0 Å². The number of nitrogens with two attached hydrogens (primary N) is 1. The minimum absolute atomic E-state index is 0.432. The molecule has 0 aromatic carbocycles. The molecule has 0 spiro atoms. The Morgan fingerprint density at radius 2 is 2.25 bits per heavy atom. The zero-order chi connectivity index (χ0) is 11.0. The van der Waals surface area contributed by atoms with Crippen molar-refractivity contribution in [3.63, 3.8) is 0 Å². The maximum absolute atomic E-state index is 5.54. The van der Waals surface area contributed by atoms with E-state index in [1.54, 1.807) is 4.52 Å². The van der Waals surface area contributed by atoms with Crippen molar-refractivity contribution in [2.45, 2.75) is 6.54 Å². The lowest BCUT2D eigenvalue weighted by molar-refractivity contribution is 0.931. The molecular weight excluding hydrogens is 202 g/mol. The predicted octanol–water partition coefficient (Wildman–Crippen LogP) is 1.18. The smallest absolute Gasteiger partial charge is 0.153 e. The molecule has 3 rings (SSSR count). The lowest BCUT2D eigenvalue weighted by atomic mass is 10.3. The summed E-state index contributed by atoms with van der Waals surface area (Å²) < 4.78 is 1.75. The van der Waals surface area contributed by atoms with Crippen LogP contribution in [0, 0.1) is 0 Å². The maximum atomic E-state index is 5.54. The molecule has 0 radical (unpaired) electrons. The van der Waals surface area contributed by atoms with Crippen molar-refractivity contribution >= 4 is 5.65 Å². The lowest BCUT2D eigenvalue weighted by Crippen LogP contribution is -1.95. The van der Waals surface area contributed by atoms with E-state index >= 15 is 0 Å². The van der Waals surface area contributed by atoms with Gasteiger partial charge < -0.3 is 10.7 Å². The van der Waals surface area contributed by atoms with E-state index in [0.717, 1.165) is 22.7 Å². The molecule has 0 amide bonds. The molecule has 0 bridgehead atoms. The summed E-state index contributed by atoms with van der Waals surface area (Å²) in [4.78, 5) is 7.44. The molecule has 0 aliphatic carbocycles. The third-order valence-electron chi connectivity index (χ3n) is 2.45. The van der Waals surface area contributed by atoms with Gasteiger partial charge in [0.05, 0.1) is 17.6 Å². The number of fused-ring (bicyclic) bond motifs is 1.